The molecule has 70 valence electrons. The van der Waals surface area contributed by atoms with E-state index in [-0.39, 0.29) is 11.4 Å². The SMILES string of the molecule is C=CCNc1c(OCC)c(=O)c1=O. The fourth-order valence-electron chi connectivity index (χ4n) is 0.988. The third-order valence-electron chi connectivity index (χ3n) is 1.58. The molecule has 0 fully saturated rings. The van der Waals surface area contributed by atoms with Gasteiger partial charge >= 0.3 is 0 Å². The summed E-state index contributed by atoms with van der Waals surface area (Å²) in [6, 6.07) is 0. The Hall–Kier alpha value is -1.58. The second kappa shape index (κ2) is 3.89. The lowest BCUT2D eigenvalue weighted by atomic mass is 10.2. The number of ether oxygens (including phenoxy) is 1. The summed E-state index contributed by atoms with van der Waals surface area (Å²) in [6.07, 6.45) is 1.60. The lowest BCUT2D eigenvalue weighted by Crippen LogP contribution is -2.35. The van der Waals surface area contributed by atoms with E-state index in [2.05, 4.69) is 11.9 Å². The van der Waals surface area contributed by atoms with Gasteiger partial charge in [0, 0.05) is 6.54 Å². The van der Waals surface area contributed by atoms with Gasteiger partial charge in [0.2, 0.25) is 0 Å². The highest BCUT2D eigenvalue weighted by Gasteiger charge is 2.21. The average molecular weight is 181 g/mol. The molecule has 0 amide bonds. The summed E-state index contributed by atoms with van der Waals surface area (Å²) in [5, 5.41) is 2.75. The fourth-order valence-corrected chi connectivity index (χ4v) is 0.988. The molecule has 0 saturated heterocycles. The molecule has 0 spiro atoms. The molecule has 4 heteroatoms. The maximum Gasteiger partial charge on any atom is 0.272 e. The largest absolute Gasteiger partial charge is 0.488 e. The van der Waals surface area contributed by atoms with E-state index in [4.69, 9.17) is 4.74 Å². The number of nitrogens with one attached hydrogen (secondary N) is 1. The highest BCUT2D eigenvalue weighted by molar-refractivity contribution is 5.61. The Morgan fingerprint density at radius 3 is 2.69 bits per heavy atom. The monoisotopic (exact) mass is 181 g/mol. The number of hydrogen-bond acceptors (Lipinski definition) is 4. The first-order valence-electron chi connectivity index (χ1n) is 4.03. The second-order valence-electron chi connectivity index (χ2n) is 2.46. The average Bonchev–Trinajstić information content (AvgIpc) is 2.16. The van der Waals surface area contributed by atoms with Gasteiger partial charge < -0.3 is 10.1 Å². The van der Waals surface area contributed by atoms with Gasteiger partial charge in [0.25, 0.3) is 10.9 Å². The normalized spacial score (nSPS) is 9.92. The molecule has 13 heavy (non-hydrogen) atoms. The summed E-state index contributed by atoms with van der Waals surface area (Å²) in [6.45, 7) is 6.07. The first-order chi connectivity index (χ1) is 6.22. The number of hydrogen-bond donors (Lipinski definition) is 1. The first-order valence-corrected chi connectivity index (χ1v) is 4.03. The lowest BCUT2D eigenvalue weighted by molar-refractivity contribution is 0.335. The Kier molecular flexibility index (Phi) is 2.84. The molecule has 0 aliphatic rings. The van der Waals surface area contributed by atoms with Crippen molar-refractivity contribution < 1.29 is 4.74 Å². The molecule has 0 radical (unpaired) electrons. The van der Waals surface area contributed by atoms with E-state index in [0.717, 1.165) is 0 Å². The highest BCUT2D eigenvalue weighted by Crippen LogP contribution is 2.16. The second-order valence-corrected chi connectivity index (χ2v) is 2.46. The number of anilines is 1. The van der Waals surface area contributed by atoms with Gasteiger partial charge in [0.15, 0.2) is 5.75 Å². The van der Waals surface area contributed by atoms with Gasteiger partial charge in [-0.1, -0.05) is 6.08 Å². The van der Waals surface area contributed by atoms with E-state index in [0.29, 0.717) is 13.2 Å². The molecule has 0 saturated carbocycles. The third kappa shape index (κ3) is 1.61. The first kappa shape index (κ1) is 9.51. The molecular weight excluding hydrogens is 170 g/mol. The summed E-state index contributed by atoms with van der Waals surface area (Å²) in [7, 11) is 0. The maximum atomic E-state index is 11.0. The third-order valence-corrected chi connectivity index (χ3v) is 1.58. The molecule has 1 aromatic rings. The van der Waals surface area contributed by atoms with Crippen molar-refractivity contribution in [1.29, 1.82) is 0 Å². The van der Waals surface area contributed by atoms with E-state index in [1.54, 1.807) is 13.0 Å². The lowest BCUT2D eigenvalue weighted by Gasteiger charge is -2.11. The van der Waals surface area contributed by atoms with Crippen molar-refractivity contribution in [1.82, 2.24) is 0 Å². The van der Waals surface area contributed by atoms with Crippen molar-refractivity contribution in [2.24, 2.45) is 0 Å². The minimum Gasteiger partial charge on any atom is -0.488 e. The van der Waals surface area contributed by atoms with E-state index >= 15 is 0 Å². The minimum absolute atomic E-state index is 0.148. The maximum absolute atomic E-state index is 11.0. The highest BCUT2D eigenvalue weighted by atomic mass is 16.5. The van der Waals surface area contributed by atoms with Crippen LogP contribution in [0.3, 0.4) is 0 Å². The van der Waals surface area contributed by atoms with Crippen molar-refractivity contribution in [3.63, 3.8) is 0 Å². The predicted octanol–water partition coefficient (Wildman–Crippen LogP) is 0.279. The van der Waals surface area contributed by atoms with Crippen molar-refractivity contribution in [2.75, 3.05) is 18.5 Å². The van der Waals surface area contributed by atoms with Crippen LogP contribution in [-0.2, 0) is 0 Å². The molecule has 0 aliphatic carbocycles. The van der Waals surface area contributed by atoms with Crippen LogP contribution >= 0.6 is 0 Å². The summed E-state index contributed by atoms with van der Waals surface area (Å²) in [5.41, 5.74) is -0.787. The van der Waals surface area contributed by atoms with Crippen molar-refractivity contribution in [2.45, 2.75) is 6.92 Å². The fraction of sp³-hybridized carbons (Fsp3) is 0.333. The van der Waals surface area contributed by atoms with E-state index in [9.17, 15) is 9.59 Å². The molecule has 0 bridgehead atoms. The summed E-state index contributed by atoms with van der Waals surface area (Å²) >= 11 is 0. The molecule has 4 nitrogen and oxygen atoms in total. The van der Waals surface area contributed by atoms with Crippen LogP contribution in [0.15, 0.2) is 22.2 Å². The zero-order valence-electron chi connectivity index (χ0n) is 7.42. The summed E-state index contributed by atoms with van der Waals surface area (Å²) in [4.78, 5) is 21.9. The molecular formula is C9H11NO3. The van der Waals surface area contributed by atoms with Crippen LogP contribution in [0.5, 0.6) is 5.75 Å². The molecule has 0 heterocycles. The van der Waals surface area contributed by atoms with E-state index in [1.165, 1.54) is 0 Å². The van der Waals surface area contributed by atoms with Crippen LogP contribution < -0.4 is 20.9 Å². The minimum atomic E-state index is -0.548. The number of rotatable bonds is 5. The zero-order valence-corrected chi connectivity index (χ0v) is 7.42. The van der Waals surface area contributed by atoms with Crippen molar-refractivity contribution >= 4 is 5.69 Å². The van der Waals surface area contributed by atoms with Crippen LogP contribution in [0.2, 0.25) is 0 Å². The Bertz CT molecular complexity index is 374. The smallest absolute Gasteiger partial charge is 0.272 e. The van der Waals surface area contributed by atoms with Gasteiger partial charge in [0.1, 0.15) is 5.69 Å². The van der Waals surface area contributed by atoms with Gasteiger partial charge in [-0.05, 0) is 6.92 Å². The topological polar surface area (TPSA) is 55.4 Å². The van der Waals surface area contributed by atoms with Gasteiger partial charge in [-0.2, -0.15) is 0 Å². The molecule has 1 aromatic carbocycles. The Labute approximate surface area is 75.5 Å². The Balaban J connectivity index is 2.81. The summed E-state index contributed by atoms with van der Waals surface area (Å²) in [5.74, 6) is 0.148. The molecule has 1 rings (SSSR count). The van der Waals surface area contributed by atoms with Gasteiger partial charge in [0.05, 0.1) is 6.61 Å². The Morgan fingerprint density at radius 2 is 2.15 bits per heavy atom. The van der Waals surface area contributed by atoms with Crippen LogP contribution in [0.4, 0.5) is 5.69 Å². The molecule has 1 N–H and O–H groups in total. The Morgan fingerprint density at radius 1 is 1.46 bits per heavy atom. The van der Waals surface area contributed by atoms with Crippen LogP contribution in [0, 0.1) is 0 Å². The zero-order chi connectivity index (χ0) is 9.84. The van der Waals surface area contributed by atoms with Gasteiger partial charge in [-0.15, -0.1) is 6.58 Å². The van der Waals surface area contributed by atoms with Crippen LogP contribution in [0.1, 0.15) is 6.92 Å². The van der Waals surface area contributed by atoms with Crippen molar-refractivity contribution in [3.8, 4) is 5.75 Å². The van der Waals surface area contributed by atoms with Gasteiger partial charge in [-0.3, -0.25) is 9.59 Å². The van der Waals surface area contributed by atoms with E-state index in [1.807, 2.05) is 0 Å². The quantitative estimate of drug-likeness (QED) is 0.523. The van der Waals surface area contributed by atoms with Crippen LogP contribution in [-0.4, -0.2) is 13.2 Å². The summed E-state index contributed by atoms with van der Waals surface area (Å²) < 4.78 is 4.98. The standard InChI is InChI=1S/C9H11NO3/c1-3-5-10-6-7(11)8(12)9(6)13-4-2/h3,10H,1,4-5H2,2H3. The molecule has 0 atom stereocenters. The molecule has 0 unspecified atom stereocenters. The van der Waals surface area contributed by atoms with Gasteiger partial charge in [-0.25, -0.2) is 0 Å². The predicted molar refractivity (Wildman–Crippen MR) is 51.2 cm³/mol. The molecule has 0 aromatic heterocycles. The van der Waals surface area contributed by atoms with E-state index < -0.39 is 10.9 Å². The van der Waals surface area contributed by atoms with Crippen LogP contribution in [0.25, 0.3) is 0 Å². The van der Waals surface area contributed by atoms with Crippen molar-refractivity contribution in [3.05, 3.63) is 33.1 Å². The molecule has 0 aliphatic heterocycles.